The minimum Gasteiger partial charge on any atom is -0.309 e. The van der Waals surface area contributed by atoms with Crippen molar-refractivity contribution in [2.45, 2.75) is 89.4 Å². The summed E-state index contributed by atoms with van der Waals surface area (Å²) < 4.78 is 2.53. The van der Waals surface area contributed by atoms with Crippen LogP contribution in [0.25, 0.3) is 27.5 Å². The molecule has 6 fully saturated rings. The van der Waals surface area contributed by atoms with Crippen molar-refractivity contribution in [2.24, 2.45) is 59.2 Å². The number of rotatable bonds is 2. The van der Waals surface area contributed by atoms with E-state index >= 15 is 0 Å². The van der Waals surface area contributed by atoms with Gasteiger partial charge in [0, 0.05) is 16.5 Å². The zero-order valence-electron chi connectivity index (χ0n) is 25.9. The minimum absolute atomic E-state index is 0.733. The van der Waals surface area contributed by atoms with E-state index < -0.39 is 0 Å². The lowest BCUT2D eigenvalue weighted by Gasteiger charge is -2.67. The molecule has 11 atom stereocenters. The summed E-state index contributed by atoms with van der Waals surface area (Å²) in [5, 5.41) is 2.73. The van der Waals surface area contributed by atoms with E-state index in [1.807, 2.05) is 0 Å². The van der Waals surface area contributed by atoms with Gasteiger partial charge in [0.2, 0.25) is 0 Å². The lowest BCUT2D eigenvalue weighted by Crippen LogP contribution is -2.61. The average Bonchev–Trinajstić information content (AvgIpc) is 3.42. The monoisotopic (exact) mass is 567 g/mol. The first-order chi connectivity index (χ1) is 21.3. The van der Waals surface area contributed by atoms with E-state index in [2.05, 4.69) is 77.4 Å². The van der Waals surface area contributed by atoms with Gasteiger partial charge in [-0.2, -0.15) is 0 Å². The van der Waals surface area contributed by atoms with Crippen LogP contribution in [0.3, 0.4) is 0 Å². The van der Waals surface area contributed by atoms with Crippen LogP contribution < -0.4 is 0 Å². The van der Waals surface area contributed by atoms with Gasteiger partial charge >= 0.3 is 0 Å². The van der Waals surface area contributed by atoms with Crippen LogP contribution in [-0.2, 0) is 0 Å². The SMILES string of the molecule is c1cc(C2CCC3C(C2)C2CCCC4C5CCCCC5C5CCCC3C5C42)cc(-n2c3ccccc3c3ccccc32)c1. The lowest BCUT2D eigenvalue weighted by molar-refractivity contribution is -0.188. The maximum atomic E-state index is 2.59. The molecule has 1 heteroatoms. The van der Waals surface area contributed by atoms with Gasteiger partial charge in [-0.05, 0) is 153 Å². The zero-order chi connectivity index (χ0) is 28.1. The van der Waals surface area contributed by atoms with Gasteiger partial charge in [-0.3, -0.25) is 0 Å². The second-order valence-corrected chi connectivity index (χ2v) is 16.1. The molecule has 0 bridgehead atoms. The van der Waals surface area contributed by atoms with Gasteiger partial charge in [-0.25, -0.2) is 0 Å². The van der Waals surface area contributed by atoms with Crippen LogP contribution in [0, 0.1) is 59.2 Å². The van der Waals surface area contributed by atoms with E-state index in [4.69, 9.17) is 0 Å². The van der Waals surface area contributed by atoms with Crippen LogP contribution in [0.5, 0.6) is 0 Å². The fraction of sp³-hybridized carbons (Fsp3) is 0.571. The smallest absolute Gasteiger partial charge is 0.0541 e. The van der Waals surface area contributed by atoms with Gasteiger partial charge in [0.1, 0.15) is 0 Å². The molecule has 10 rings (SSSR count). The van der Waals surface area contributed by atoms with Crippen molar-refractivity contribution in [3.05, 3.63) is 78.4 Å². The number of hydrogen-bond donors (Lipinski definition) is 0. The minimum atomic E-state index is 0.733. The number of hydrogen-bond acceptors (Lipinski definition) is 0. The predicted octanol–water partition coefficient (Wildman–Crippen LogP) is 11.2. The fourth-order valence-corrected chi connectivity index (χ4v) is 13.6. The third-order valence-corrected chi connectivity index (χ3v) is 14.8. The quantitative estimate of drug-likeness (QED) is 0.227. The van der Waals surface area contributed by atoms with Crippen LogP contribution in [0.2, 0.25) is 0 Å². The van der Waals surface area contributed by atoms with E-state index in [1.165, 1.54) is 66.0 Å². The van der Waals surface area contributed by atoms with Crippen molar-refractivity contribution >= 4 is 21.8 Å². The van der Waals surface area contributed by atoms with Gasteiger partial charge in [0.05, 0.1) is 11.0 Å². The Morgan fingerprint density at radius 2 is 0.977 bits per heavy atom. The third kappa shape index (κ3) is 3.75. The van der Waals surface area contributed by atoms with E-state index in [-0.39, 0.29) is 0 Å². The lowest BCUT2D eigenvalue weighted by atomic mass is 9.37. The molecule has 3 aromatic carbocycles. The summed E-state index contributed by atoms with van der Waals surface area (Å²) >= 11 is 0. The molecule has 0 radical (unpaired) electrons. The first-order valence-electron chi connectivity index (χ1n) is 18.4. The molecule has 43 heavy (non-hydrogen) atoms. The topological polar surface area (TPSA) is 4.93 Å². The number of para-hydroxylation sites is 2. The normalized spacial score (nSPS) is 40.0. The molecule has 4 aromatic rings. The number of aromatic nitrogens is 1. The molecule has 11 unspecified atom stereocenters. The van der Waals surface area contributed by atoms with Crippen molar-refractivity contribution in [3.63, 3.8) is 0 Å². The van der Waals surface area contributed by atoms with Gasteiger partial charge in [0.15, 0.2) is 0 Å². The number of benzene rings is 3. The van der Waals surface area contributed by atoms with E-state index in [9.17, 15) is 0 Å². The first kappa shape index (κ1) is 25.8. The maximum Gasteiger partial charge on any atom is 0.0541 e. The summed E-state index contributed by atoms with van der Waals surface area (Å²) in [5.74, 6) is 11.5. The van der Waals surface area contributed by atoms with Crippen molar-refractivity contribution in [1.29, 1.82) is 0 Å². The van der Waals surface area contributed by atoms with Crippen molar-refractivity contribution in [3.8, 4) is 5.69 Å². The van der Waals surface area contributed by atoms with Gasteiger partial charge in [-0.15, -0.1) is 0 Å². The average molecular weight is 568 g/mol. The van der Waals surface area contributed by atoms with E-state index in [0.29, 0.717) is 0 Å². The molecular weight excluding hydrogens is 518 g/mol. The van der Waals surface area contributed by atoms with Gasteiger partial charge in [-0.1, -0.05) is 74.2 Å². The maximum absolute atomic E-state index is 2.59. The Hall–Kier alpha value is -2.54. The second-order valence-electron chi connectivity index (χ2n) is 16.1. The van der Waals surface area contributed by atoms with Gasteiger partial charge < -0.3 is 4.57 Å². The molecule has 1 heterocycles. The molecule has 1 aromatic heterocycles. The Kier molecular flexibility index (Phi) is 5.98. The highest BCUT2D eigenvalue weighted by molar-refractivity contribution is 6.09. The van der Waals surface area contributed by atoms with Crippen LogP contribution in [0.1, 0.15) is 95.0 Å². The molecule has 222 valence electrons. The Labute approximate surface area is 258 Å². The van der Waals surface area contributed by atoms with Crippen LogP contribution in [0.15, 0.2) is 72.8 Å². The first-order valence-corrected chi connectivity index (χ1v) is 18.4. The standard InChI is InChI=1S/C42H49N/c1-2-13-30-29(12-1)34-16-8-18-36-31-23-22-27(25-38(31)37-19-9-17-35(30)42(37)41(34)36)26-10-7-11-28(24-26)43-39-20-5-3-14-32(39)33-15-4-6-21-40(33)43/h3-7,10-11,14-15,20-21,24,27,29-31,34-38,41-42H,1-2,8-9,12-13,16-19,22-23,25H2. The molecule has 1 nitrogen and oxygen atoms in total. The Balaban J connectivity index is 1.01. The number of nitrogens with zero attached hydrogens (tertiary/aromatic N) is 1. The molecule has 0 N–H and O–H groups in total. The van der Waals surface area contributed by atoms with Crippen molar-refractivity contribution < 1.29 is 0 Å². The summed E-state index contributed by atoms with van der Waals surface area (Å²) in [6.45, 7) is 0. The second kappa shape index (κ2) is 9.98. The highest BCUT2D eigenvalue weighted by Gasteiger charge is 2.62. The molecule has 0 saturated heterocycles. The van der Waals surface area contributed by atoms with E-state index in [1.54, 1.807) is 50.5 Å². The summed E-state index contributed by atoms with van der Waals surface area (Å²) in [5.41, 5.74) is 5.64. The molecule has 0 aliphatic heterocycles. The largest absolute Gasteiger partial charge is 0.309 e. The molecule has 0 amide bonds. The molecule has 6 saturated carbocycles. The van der Waals surface area contributed by atoms with Crippen LogP contribution >= 0.6 is 0 Å². The summed E-state index contributed by atoms with van der Waals surface area (Å²) in [4.78, 5) is 0. The zero-order valence-corrected chi connectivity index (χ0v) is 25.9. The highest BCUT2D eigenvalue weighted by Crippen LogP contribution is 2.69. The van der Waals surface area contributed by atoms with Crippen molar-refractivity contribution in [2.75, 3.05) is 0 Å². The van der Waals surface area contributed by atoms with Crippen LogP contribution in [-0.4, -0.2) is 4.57 Å². The molecule has 6 aliphatic carbocycles. The number of fused-ring (bicyclic) bond motifs is 9. The Bertz CT molecular complexity index is 1610. The summed E-state index contributed by atoms with van der Waals surface area (Å²) in [6, 6.07) is 27.8. The Morgan fingerprint density at radius 3 is 1.60 bits per heavy atom. The van der Waals surface area contributed by atoms with E-state index in [0.717, 1.165) is 65.1 Å². The van der Waals surface area contributed by atoms with Gasteiger partial charge in [0.25, 0.3) is 0 Å². The van der Waals surface area contributed by atoms with Crippen LogP contribution in [0.4, 0.5) is 0 Å². The molecule has 0 spiro atoms. The van der Waals surface area contributed by atoms with Crippen molar-refractivity contribution in [1.82, 2.24) is 4.57 Å². The fourth-order valence-electron chi connectivity index (χ4n) is 13.6. The molecular formula is C42H49N. The summed E-state index contributed by atoms with van der Waals surface area (Å²) in [7, 11) is 0. The Morgan fingerprint density at radius 1 is 0.442 bits per heavy atom. The predicted molar refractivity (Wildman–Crippen MR) is 178 cm³/mol. The third-order valence-electron chi connectivity index (χ3n) is 14.8. The summed E-state index contributed by atoms with van der Waals surface area (Å²) in [6.07, 6.45) is 20.0. The molecule has 6 aliphatic rings. The highest BCUT2D eigenvalue weighted by atomic mass is 15.0.